The van der Waals surface area contributed by atoms with Crippen LogP contribution in [0.4, 0.5) is 0 Å². The fourth-order valence-electron chi connectivity index (χ4n) is 2.40. The number of rotatable bonds is 8. The summed E-state index contributed by atoms with van der Waals surface area (Å²) in [6, 6.07) is 7.64. The molecule has 0 fully saturated rings. The Balaban J connectivity index is 1.90. The summed E-state index contributed by atoms with van der Waals surface area (Å²) in [5, 5.41) is 6.65. The minimum Gasteiger partial charge on any atom is -0.467 e. The number of carbonyl (C=O) groups excluding carboxylic acids is 3. The van der Waals surface area contributed by atoms with Crippen molar-refractivity contribution >= 4 is 17.8 Å². The maximum Gasteiger partial charge on any atom is 0.338 e. The number of aromatic nitrogens is 2. The van der Waals surface area contributed by atoms with E-state index >= 15 is 0 Å². The van der Waals surface area contributed by atoms with Crippen molar-refractivity contribution in [3.8, 4) is 5.69 Å². The van der Waals surface area contributed by atoms with Gasteiger partial charge in [-0.15, -0.1) is 0 Å². The molecule has 0 saturated carbocycles. The maximum absolute atomic E-state index is 12.1. The molecule has 8 heteroatoms. The smallest absolute Gasteiger partial charge is 0.338 e. The van der Waals surface area contributed by atoms with Crippen molar-refractivity contribution in [1.29, 1.82) is 0 Å². The zero-order chi connectivity index (χ0) is 19.8. The second-order valence-electron chi connectivity index (χ2n) is 6.03. The number of nitrogens with one attached hydrogen (secondary N) is 1. The van der Waals surface area contributed by atoms with Crippen LogP contribution in [0.25, 0.3) is 5.69 Å². The average molecular weight is 373 g/mol. The van der Waals surface area contributed by atoms with Crippen LogP contribution >= 0.6 is 0 Å². The molecule has 144 valence electrons. The third kappa shape index (κ3) is 5.40. The first-order chi connectivity index (χ1) is 13.0. The van der Waals surface area contributed by atoms with Gasteiger partial charge in [-0.05, 0) is 36.2 Å². The Morgan fingerprint density at radius 2 is 1.93 bits per heavy atom. The fourth-order valence-corrected chi connectivity index (χ4v) is 2.40. The van der Waals surface area contributed by atoms with Crippen molar-refractivity contribution in [2.24, 2.45) is 5.92 Å². The van der Waals surface area contributed by atoms with Crippen LogP contribution in [0.3, 0.4) is 0 Å². The Bertz CT molecular complexity index is 771. The van der Waals surface area contributed by atoms with Crippen LogP contribution in [-0.4, -0.2) is 47.4 Å². The number of carbonyl (C=O) groups is 3. The molecule has 1 aromatic heterocycles. The Hall–Kier alpha value is -3.16. The lowest BCUT2D eigenvalue weighted by molar-refractivity contribution is -0.147. The zero-order valence-corrected chi connectivity index (χ0v) is 15.5. The SMILES string of the molecule is CCC(C)C(NC(=O)COC(=O)c1ccc(-n2cccn2)cc1)C(=O)OC. The molecule has 0 aliphatic rings. The first-order valence-corrected chi connectivity index (χ1v) is 8.60. The van der Waals surface area contributed by atoms with E-state index in [1.165, 1.54) is 7.11 Å². The average Bonchev–Trinajstić information content (AvgIpc) is 3.24. The number of nitrogens with zero attached hydrogens (tertiary/aromatic N) is 2. The van der Waals surface area contributed by atoms with Gasteiger partial charge in [0.15, 0.2) is 6.61 Å². The highest BCUT2D eigenvalue weighted by atomic mass is 16.5. The van der Waals surface area contributed by atoms with Crippen LogP contribution in [-0.2, 0) is 19.1 Å². The Morgan fingerprint density at radius 1 is 1.22 bits per heavy atom. The lowest BCUT2D eigenvalue weighted by Crippen LogP contribution is -2.47. The topological polar surface area (TPSA) is 99.5 Å². The summed E-state index contributed by atoms with van der Waals surface area (Å²) in [5.41, 5.74) is 1.11. The second kappa shape index (κ2) is 9.51. The molecule has 0 aliphatic heterocycles. The highest BCUT2D eigenvalue weighted by Crippen LogP contribution is 2.11. The first-order valence-electron chi connectivity index (χ1n) is 8.60. The van der Waals surface area contributed by atoms with Gasteiger partial charge in [-0.25, -0.2) is 14.3 Å². The molecule has 8 nitrogen and oxygen atoms in total. The van der Waals surface area contributed by atoms with E-state index < -0.39 is 30.5 Å². The van der Waals surface area contributed by atoms with Crippen molar-refractivity contribution in [2.75, 3.05) is 13.7 Å². The van der Waals surface area contributed by atoms with Crippen molar-refractivity contribution in [2.45, 2.75) is 26.3 Å². The Labute approximate surface area is 157 Å². The molecule has 0 aliphatic carbocycles. The molecule has 2 unspecified atom stereocenters. The highest BCUT2D eigenvalue weighted by Gasteiger charge is 2.27. The lowest BCUT2D eigenvalue weighted by atomic mass is 9.99. The Morgan fingerprint density at radius 3 is 2.48 bits per heavy atom. The number of benzene rings is 1. The number of hydrogen-bond donors (Lipinski definition) is 1. The van der Waals surface area contributed by atoms with Crippen LogP contribution in [0.5, 0.6) is 0 Å². The molecule has 2 aromatic rings. The summed E-state index contributed by atoms with van der Waals surface area (Å²) in [7, 11) is 1.26. The van der Waals surface area contributed by atoms with Crippen molar-refractivity contribution < 1.29 is 23.9 Å². The summed E-state index contributed by atoms with van der Waals surface area (Å²) >= 11 is 0. The van der Waals surface area contributed by atoms with E-state index in [-0.39, 0.29) is 5.92 Å². The summed E-state index contributed by atoms with van der Waals surface area (Å²) in [5.74, 6) is -1.83. The molecule has 2 rings (SSSR count). The van der Waals surface area contributed by atoms with Crippen molar-refractivity contribution in [3.63, 3.8) is 0 Å². The number of hydrogen-bond acceptors (Lipinski definition) is 6. The van der Waals surface area contributed by atoms with Crippen LogP contribution < -0.4 is 5.32 Å². The van der Waals surface area contributed by atoms with Gasteiger partial charge in [-0.2, -0.15) is 5.10 Å². The third-order valence-electron chi connectivity index (χ3n) is 4.19. The van der Waals surface area contributed by atoms with Crippen LogP contribution in [0.1, 0.15) is 30.6 Å². The van der Waals surface area contributed by atoms with Gasteiger partial charge >= 0.3 is 11.9 Å². The standard InChI is InChI=1S/C19H23N3O5/c1-4-13(2)17(19(25)26-3)21-16(23)12-27-18(24)14-6-8-15(9-7-14)22-11-5-10-20-22/h5-11,13,17H,4,12H2,1-3H3,(H,21,23). The largest absolute Gasteiger partial charge is 0.467 e. The lowest BCUT2D eigenvalue weighted by Gasteiger charge is -2.21. The molecular formula is C19H23N3O5. The van der Waals surface area contributed by atoms with Gasteiger partial charge in [-0.3, -0.25) is 4.79 Å². The van der Waals surface area contributed by atoms with E-state index in [0.717, 1.165) is 5.69 Å². The van der Waals surface area contributed by atoms with Gasteiger partial charge in [0.25, 0.3) is 5.91 Å². The molecular weight excluding hydrogens is 350 g/mol. The molecule has 1 amide bonds. The van der Waals surface area contributed by atoms with E-state index in [9.17, 15) is 14.4 Å². The first kappa shape index (κ1) is 20.2. The number of methoxy groups -OCH3 is 1. The fraction of sp³-hybridized carbons (Fsp3) is 0.368. The van der Waals surface area contributed by atoms with Gasteiger partial charge in [0.05, 0.1) is 18.4 Å². The van der Waals surface area contributed by atoms with E-state index in [0.29, 0.717) is 12.0 Å². The third-order valence-corrected chi connectivity index (χ3v) is 4.19. The van der Waals surface area contributed by atoms with Gasteiger partial charge in [0.1, 0.15) is 6.04 Å². The van der Waals surface area contributed by atoms with Crippen molar-refractivity contribution in [1.82, 2.24) is 15.1 Å². The molecule has 0 spiro atoms. The zero-order valence-electron chi connectivity index (χ0n) is 15.5. The summed E-state index contributed by atoms with van der Waals surface area (Å²) in [6.45, 7) is 3.25. The van der Waals surface area contributed by atoms with E-state index in [1.807, 2.05) is 13.8 Å². The predicted octanol–water partition coefficient (Wildman–Crippen LogP) is 1.73. The molecule has 1 N–H and O–H groups in total. The second-order valence-corrected chi connectivity index (χ2v) is 6.03. The summed E-state index contributed by atoms with van der Waals surface area (Å²) in [4.78, 5) is 35.9. The van der Waals surface area contributed by atoms with Gasteiger partial charge in [0, 0.05) is 12.4 Å². The molecule has 0 bridgehead atoms. The van der Waals surface area contributed by atoms with E-state index in [2.05, 4.69) is 10.4 Å². The number of esters is 2. The molecule has 0 saturated heterocycles. The summed E-state index contributed by atoms with van der Waals surface area (Å²) < 4.78 is 11.4. The van der Waals surface area contributed by atoms with Gasteiger partial charge < -0.3 is 14.8 Å². The van der Waals surface area contributed by atoms with Crippen LogP contribution in [0.2, 0.25) is 0 Å². The molecule has 1 aromatic carbocycles. The van der Waals surface area contributed by atoms with Crippen molar-refractivity contribution in [3.05, 3.63) is 48.3 Å². The number of ether oxygens (including phenoxy) is 2. The summed E-state index contributed by atoms with van der Waals surface area (Å²) in [6.07, 6.45) is 4.12. The minimum atomic E-state index is -0.778. The molecule has 1 heterocycles. The monoisotopic (exact) mass is 373 g/mol. The van der Waals surface area contributed by atoms with E-state index in [4.69, 9.17) is 9.47 Å². The minimum absolute atomic E-state index is 0.105. The maximum atomic E-state index is 12.1. The van der Waals surface area contributed by atoms with Crippen LogP contribution in [0, 0.1) is 5.92 Å². The van der Waals surface area contributed by atoms with Gasteiger partial charge in [-0.1, -0.05) is 20.3 Å². The van der Waals surface area contributed by atoms with Gasteiger partial charge in [0.2, 0.25) is 0 Å². The predicted molar refractivity (Wildman–Crippen MR) is 97.2 cm³/mol. The van der Waals surface area contributed by atoms with Crippen LogP contribution in [0.15, 0.2) is 42.7 Å². The number of amides is 1. The van der Waals surface area contributed by atoms with E-state index in [1.54, 1.807) is 47.4 Å². The quantitative estimate of drug-likeness (QED) is 0.708. The molecule has 27 heavy (non-hydrogen) atoms. The Kier molecular flexibility index (Phi) is 7.10. The highest BCUT2D eigenvalue weighted by molar-refractivity contribution is 5.92. The molecule has 0 radical (unpaired) electrons. The molecule has 2 atom stereocenters. The normalized spacial score (nSPS) is 12.7.